The van der Waals surface area contributed by atoms with Crippen molar-refractivity contribution in [1.29, 1.82) is 0 Å². The van der Waals surface area contributed by atoms with Gasteiger partial charge in [0.15, 0.2) is 6.10 Å². The molecule has 0 aromatic rings. The lowest BCUT2D eigenvalue weighted by Gasteiger charge is -2.18. The Kier molecular flexibility index (Phi) is 45.2. The zero-order chi connectivity index (χ0) is 43.5. The van der Waals surface area contributed by atoms with Crippen molar-refractivity contribution in [3.63, 3.8) is 0 Å². The van der Waals surface area contributed by atoms with Gasteiger partial charge in [-0.25, -0.2) is 0 Å². The Morgan fingerprint density at radius 1 is 0.367 bits per heavy atom. The summed E-state index contributed by atoms with van der Waals surface area (Å²) in [6.45, 7) is 7.17. The third kappa shape index (κ3) is 46.2. The third-order valence-corrected chi connectivity index (χ3v) is 8.61. The van der Waals surface area contributed by atoms with E-state index in [1.54, 1.807) is 0 Å². The van der Waals surface area contributed by atoms with Crippen LogP contribution in [0.5, 0.6) is 0 Å². The van der Waals surface area contributed by atoms with Crippen LogP contribution in [0.2, 0.25) is 0 Å². The number of carbonyl (C=O) groups is 2. The lowest BCUT2D eigenvalue weighted by atomic mass is 10.1. The molecule has 0 radical (unpaired) electrons. The molecule has 60 heavy (non-hydrogen) atoms. The van der Waals surface area contributed by atoms with E-state index in [9.17, 15) is 9.59 Å². The van der Waals surface area contributed by atoms with Crippen LogP contribution in [0.3, 0.4) is 0 Å². The average molecular weight is 823 g/mol. The summed E-state index contributed by atoms with van der Waals surface area (Å²) < 4.78 is 17.1. The first-order chi connectivity index (χ1) is 29.6. The van der Waals surface area contributed by atoms with Crippen LogP contribution in [-0.2, 0) is 23.8 Å². The molecular formula is C55H82O5. The van der Waals surface area contributed by atoms with E-state index in [1.165, 1.54) is 0 Å². The first kappa shape index (κ1) is 55.5. The van der Waals surface area contributed by atoms with Gasteiger partial charge in [0.2, 0.25) is 0 Å². The van der Waals surface area contributed by atoms with E-state index >= 15 is 0 Å². The van der Waals surface area contributed by atoms with Gasteiger partial charge < -0.3 is 14.2 Å². The minimum absolute atomic E-state index is 0.0299. The predicted molar refractivity (Wildman–Crippen MR) is 260 cm³/mol. The molecule has 0 aliphatic carbocycles. The molecule has 0 spiro atoms. The highest BCUT2D eigenvalue weighted by atomic mass is 16.6. The number of carbonyl (C=O) groups excluding carboxylic acids is 2. The molecule has 0 N–H and O–H groups in total. The second-order valence-electron chi connectivity index (χ2n) is 14.2. The summed E-state index contributed by atoms with van der Waals surface area (Å²) in [6, 6.07) is 0. The molecule has 0 amide bonds. The van der Waals surface area contributed by atoms with Gasteiger partial charge in [-0.1, -0.05) is 192 Å². The highest BCUT2D eigenvalue weighted by Gasteiger charge is 2.16. The Balaban J connectivity index is 4.62. The van der Waals surface area contributed by atoms with Crippen LogP contribution in [0.1, 0.15) is 149 Å². The Bertz CT molecular complexity index is 1390. The highest BCUT2D eigenvalue weighted by molar-refractivity contribution is 5.72. The number of rotatable bonds is 39. The maximum atomic E-state index is 12.7. The van der Waals surface area contributed by atoms with Gasteiger partial charge in [-0.2, -0.15) is 0 Å². The first-order valence-corrected chi connectivity index (χ1v) is 23.0. The summed E-state index contributed by atoms with van der Waals surface area (Å²) in [7, 11) is 0. The molecule has 0 heterocycles. The van der Waals surface area contributed by atoms with Crippen molar-refractivity contribution < 1.29 is 23.8 Å². The minimum Gasteiger partial charge on any atom is -0.461 e. The number of ether oxygens (including phenoxy) is 3. The standard InChI is InChI=1S/C55H82O5/c1-4-7-10-13-16-19-22-25-28-30-33-36-39-42-45-48-54(56)59-52-53(51-58-50-47-44-41-38-35-32-27-24-21-18-15-12-9-6-3)60-55(57)49-46-43-40-37-34-31-29-26-23-20-17-14-11-8-5-2/h7-12,16-21,25-29,32-34,36-37,42-43,45-46,53H,4-6,13-15,22-24,30-31,35,38-41,44,47-52H2,1-3H3/b10-7-,11-8-,12-9-,19-16-,20-17-,21-18-,28-25-,29-26-,32-27-,36-33-,37-34-,45-42-,46-43-. The van der Waals surface area contributed by atoms with Crippen LogP contribution in [-0.4, -0.2) is 37.9 Å². The fraction of sp³-hybridized carbons (Fsp3) is 0.491. The molecule has 0 aliphatic rings. The molecule has 0 rings (SSSR count). The molecule has 0 saturated carbocycles. The molecule has 5 heteroatoms. The normalized spacial score (nSPS) is 13.7. The summed E-state index contributed by atoms with van der Waals surface area (Å²) >= 11 is 0. The molecule has 0 aliphatic heterocycles. The van der Waals surface area contributed by atoms with E-state index in [-0.39, 0.29) is 38.0 Å². The summed E-state index contributed by atoms with van der Waals surface area (Å²) in [5.74, 6) is -0.722. The van der Waals surface area contributed by atoms with Crippen molar-refractivity contribution in [1.82, 2.24) is 0 Å². The third-order valence-electron chi connectivity index (χ3n) is 8.61. The SMILES string of the molecule is CC/C=C\C/C=C\C/C=C\C/C=C\C/C=C\CC(=O)OCC(COCCCCCC/C=C\C/C=C\C/C=C\CC)OC(=O)C/C=C\C/C=C\C/C=C\C/C=C\C/C=C\CC. The second-order valence-corrected chi connectivity index (χ2v) is 14.2. The van der Waals surface area contributed by atoms with Crippen molar-refractivity contribution in [2.75, 3.05) is 19.8 Å². The molecular weight excluding hydrogens is 741 g/mol. The fourth-order valence-corrected chi connectivity index (χ4v) is 5.32. The van der Waals surface area contributed by atoms with E-state index in [4.69, 9.17) is 14.2 Å². The molecule has 1 unspecified atom stereocenters. The number of allylic oxidation sites excluding steroid dienone is 24. The van der Waals surface area contributed by atoms with Crippen LogP contribution in [0.4, 0.5) is 0 Å². The molecule has 0 aromatic heterocycles. The molecule has 332 valence electrons. The van der Waals surface area contributed by atoms with Gasteiger partial charge in [-0.3, -0.25) is 9.59 Å². The molecule has 5 nitrogen and oxygen atoms in total. The Hall–Kier alpha value is -4.48. The molecule has 0 aromatic carbocycles. The van der Waals surface area contributed by atoms with Crippen LogP contribution >= 0.6 is 0 Å². The van der Waals surface area contributed by atoms with Gasteiger partial charge in [0.1, 0.15) is 6.61 Å². The van der Waals surface area contributed by atoms with Crippen LogP contribution in [0.15, 0.2) is 158 Å². The highest BCUT2D eigenvalue weighted by Crippen LogP contribution is 2.07. The summed E-state index contributed by atoms with van der Waals surface area (Å²) in [4.78, 5) is 25.2. The van der Waals surface area contributed by atoms with Crippen molar-refractivity contribution in [2.45, 2.75) is 155 Å². The van der Waals surface area contributed by atoms with E-state index in [0.717, 1.165) is 116 Å². The van der Waals surface area contributed by atoms with Gasteiger partial charge in [-0.05, 0) is 103 Å². The van der Waals surface area contributed by atoms with Gasteiger partial charge in [-0.15, -0.1) is 0 Å². The number of hydrogen-bond acceptors (Lipinski definition) is 5. The second kappa shape index (κ2) is 48.9. The lowest BCUT2D eigenvalue weighted by Crippen LogP contribution is -2.29. The lowest BCUT2D eigenvalue weighted by molar-refractivity contribution is -0.161. The zero-order valence-electron chi connectivity index (χ0n) is 37.9. The summed E-state index contributed by atoms with van der Waals surface area (Å²) in [6.07, 6.45) is 73.0. The Morgan fingerprint density at radius 2 is 0.700 bits per heavy atom. The monoisotopic (exact) mass is 823 g/mol. The van der Waals surface area contributed by atoms with Crippen molar-refractivity contribution in [3.8, 4) is 0 Å². The number of hydrogen-bond donors (Lipinski definition) is 0. The predicted octanol–water partition coefficient (Wildman–Crippen LogP) is 15.6. The summed E-state index contributed by atoms with van der Waals surface area (Å²) in [5, 5.41) is 0. The van der Waals surface area contributed by atoms with Crippen LogP contribution in [0, 0.1) is 0 Å². The summed E-state index contributed by atoms with van der Waals surface area (Å²) in [5.41, 5.74) is 0. The molecule has 0 fully saturated rings. The minimum atomic E-state index is -0.653. The maximum Gasteiger partial charge on any atom is 0.310 e. The average Bonchev–Trinajstić information content (AvgIpc) is 3.25. The fourth-order valence-electron chi connectivity index (χ4n) is 5.32. The maximum absolute atomic E-state index is 12.7. The quantitative estimate of drug-likeness (QED) is 0.0351. The van der Waals surface area contributed by atoms with Gasteiger partial charge >= 0.3 is 11.9 Å². The smallest absolute Gasteiger partial charge is 0.310 e. The van der Waals surface area contributed by atoms with E-state index < -0.39 is 6.10 Å². The largest absolute Gasteiger partial charge is 0.461 e. The molecule has 0 saturated heterocycles. The van der Waals surface area contributed by atoms with E-state index in [1.807, 2.05) is 24.3 Å². The van der Waals surface area contributed by atoms with Gasteiger partial charge in [0.05, 0.1) is 19.4 Å². The van der Waals surface area contributed by atoms with Gasteiger partial charge in [0, 0.05) is 6.61 Å². The topological polar surface area (TPSA) is 61.8 Å². The Labute approximate surface area is 367 Å². The van der Waals surface area contributed by atoms with E-state index in [0.29, 0.717) is 6.61 Å². The van der Waals surface area contributed by atoms with Crippen LogP contribution < -0.4 is 0 Å². The van der Waals surface area contributed by atoms with E-state index in [2.05, 4.69) is 154 Å². The molecule has 1 atom stereocenters. The van der Waals surface area contributed by atoms with Crippen molar-refractivity contribution >= 4 is 11.9 Å². The van der Waals surface area contributed by atoms with Gasteiger partial charge in [0.25, 0.3) is 0 Å². The van der Waals surface area contributed by atoms with Crippen molar-refractivity contribution in [3.05, 3.63) is 158 Å². The zero-order valence-corrected chi connectivity index (χ0v) is 37.9. The Morgan fingerprint density at radius 3 is 1.10 bits per heavy atom. The molecule has 0 bridgehead atoms. The number of unbranched alkanes of at least 4 members (excludes halogenated alkanes) is 4. The number of esters is 2. The van der Waals surface area contributed by atoms with Crippen molar-refractivity contribution in [2.24, 2.45) is 0 Å². The van der Waals surface area contributed by atoms with Crippen LogP contribution in [0.25, 0.3) is 0 Å². The first-order valence-electron chi connectivity index (χ1n) is 23.0.